The van der Waals surface area contributed by atoms with Crippen molar-refractivity contribution in [1.29, 1.82) is 0 Å². The van der Waals surface area contributed by atoms with Crippen LogP contribution in [0.25, 0.3) is 0 Å². The summed E-state index contributed by atoms with van der Waals surface area (Å²) >= 11 is 0. The number of hydrogen-bond acceptors (Lipinski definition) is 3. The van der Waals surface area contributed by atoms with Gasteiger partial charge in [0.15, 0.2) is 0 Å². The zero-order chi connectivity index (χ0) is 15.7. The Labute approximate surface area is 126 Å². The molecule has 1 unspecified atom stereocenters. The molecule has 0 aliphatic rings. The van der Waals surface area contributed by atoms with Gasteiger partial charge in [-0.1, -0.05) is 19.1 Å². The second-order valence-corrected chi connectivity index (χ2v) is 5.25. The first kappa shape index (κ1) is 17.2. The van der Waals surface area contributed by atoms with Crippen molar-refractivity contribution in [2.45, 2.75) is 33.1 Å². The molecule has 1 aromatic rings. The SMILES string of the molecule is CCNC(=O)Cc1ccc(NC(=O)CCC(C)CN)cc1. The first-order valence-corrected chi connectivity index (χ1v) is 7.40. The van der Waals surface area contributed by atoms with Crippen LogP contribution in [0.3, 0.4) is 0 Å². The van der Waals surface area contributed by atoms with Crippen molar-refractivity contribution >= 4 is 17.5 Å². The van der Waals surface area contributed by atoms with Crippen LogP contribution in [0.4, 0.5) is 5.69 Å². The molecule has 0 aromatic heterocycles. The van der Waals surface area contributed by atoms with Crippen LogP contribution >= 0.6 is 0 Å². The molecule has 0 aliphatic heterocycles. The number of hydrogen-bond donors (Lipinski definition) is 3. The lowest BCUT2D eigenvalue weighted by Crippen LogP contribution is -2.24. The minimum absolute atomic E-state index is 0.00468. The first-order valence-electron chi connectivity index (χ1n) is 7.40. The zero-order valence-corrected chi connectivity index (χ0v) is 12.8. The van der Waals surface area contributed by atoms with Gasteiger partial charge in [0.1, 0.15) is 0 Å². The number of nitrogens with two attached hydrogens (primary N) is 1. The molecule has 116 valence electrons. The van der Waals surface area contributed by atoms with Crippen LogP contribution in [0, 0.1) is 5.92 Å². The Morgan fingerprint density at radius 1 is 1.19 bits per heavy atom. The highest BCUT2D eigenvalue weighted by molar-refractivity contribution is 5.90. The maximum atomic E-state index is 11.8. The number of nitrogens with one attached hydrogen (secondary N) is 2. The Kier molecular flexibility index (Phi) is 7.46. The summed E-state index contributed by atoms with van der Waals surface area (Å²) in [6.45, 7) is 5.15. The van der Waals surface area contributed by atoms with E-state index < -0.39 is 0 Å². The third-order valence-electron chi connectivity index (χ3n) is 3.24. The van der Waals surface area contributed by atoms with E-state index in [9.17, 15) is 9.59 Å². The molecule has 1 rings (SSSR count). The Bertz CT molecular complexity index is 457. The maximum absolute atomic E-state index is 11.8. The third-order valence-corrected chi connectivity index (χ3v) is 3.24. The maximum Gasteiger partial charge on any atom is 0.224 e. The van der Waals surface area contributed by atoms with Crippen LogP contribution in [0.5, 0.6) is 0 Å². The molecule has 21 heavy (non-hydrogen) atoms. The van der Waals surface area contributed by atoms with Gasteiger partial charge in [-0.05, 0) is 43.5 Å². The van der Waals surface area contributed by atoms with Gasteiger partial charge in [-0.3, -0.25) is 9.59 Å². The van der Waals surface area contributed by atoms with Gasteiger partial charge >= 0.3 is 0 Å². The van der Waals surface area contributed by atoms with E-state index in [0.29, 0.717) is 31.8 Å². The minimum atomic E-state index is -0.00761. The molecule has 0 saturated carbocycles. The predicted octanol–water partition coefficient (Wildman–Crippen LogP) is 1.68. The quantitative estimate of drug-likeness (QED) is 0.681. The predicted molar refractivity (Wildman–Crippen MR) is 84.9 cm³/mol. The van der Waals surface area contributed by atoms with E-state index in [2.05, 4.69) is 10.6 Å². The standard InChI is InChI=1S/C16H25N3O2/c1-3-18-16(21)10-13-5-7-14(8-6-13)19-15(20)9-4-12(2)11-17/h5-8,12H,3-4,9-11,17H2,1-2H3,(H,18,21)(H,19,20). The van der Waals surface area contributed by atoms with E-state index in [1.54, 1.807) is 0 Å². The van der Waals surface area contributed by atoms with E-state index in [0.717, 1.165) is 17.7 Å². The van der Waals surface area contributed by atoms with Crippen LogP contribution in [-0.2, 0) is 16.0 Å². The summed E-state index contributed by atoms with van der Waals surface area (Å²) in [4.78, 5) is 23.2. The van der Waals surface area contributed by atoms with E-state index >= 15 is 0 Å². The molecule has 0 radical (unpaired) electrons. The summed E-state index contributed by atoms with van der Waals surface area (Å²) in [6.07, 6.45) is 1.62. The number of anilines is 1. The smallest absolute Gasteiger partial charge is 0.224 e. The van der Waals surface area contributed by atoms with Gasteiger partial charge in [0, 0.05) is 18.7 Å². The topological polar surface area (TPSA) is 84.2 Å². The van der Waals surface area contributed by atoms with Gasteiger partial charge in [0.05, 0.1) is 6.42 Å². The first-order chi connectivity index (χ1) is 10.0. The van der Waals surface area contributed by atoms with Crippen molar-refractivity contribution in [3.63, 3.8) is 0 Å². The van der Waals surface area contributed by atoms with Crippen molar-refractivity contribution in [3.05, 3.63) is 29.8 Å². The summed E-state index contributed by atoms with van der Waals surface area (Å²) in [7, 11) is 0. The molecule has 1 aromatic carbocycles. The monoisotopic (exact) mass is 291 g/mol. The van der Waals surface area contributed by atoms with Crippen LogP contribution in [0.2, 0.25) is 0 Å². The Morgan fingerprint density at radius 2 is 1.86 bits per heavy atom. The second kappa shape index (κ2) is 9.13. The van der Waals surface area contributed by atoms with Gasteiger partial charge in [-0.25, -0.2) is 0 Å². The molecule has 0 fully saturated rings. The normalized spacial score (nSPS) is 11.8. The fourth-order valence-corrected chi connectivity index (χ4v) is 1.87. The Hall–Kier alpha value is -1.88. The Balaban J connectivity index is 2.43. The van der Waals surface area contributed by atoms with Gasteiger partial charge in [0.25, 0.3) is 0 Å². The summed E-state index contributed by atoms with van der Waals surface area (Å²) in [5.41, 5.74) is 7.20. The highest BCUT2D eigenvalue weighted by Crippen LogP contribution is 2.12. The number of amides is 2. The summed E-state index contributed by atoms with van der Waals surface area (Å²) in [5, 5.41) is 5.60. The van der Waals surface area contributed by atoms with Crippen LogP contribution in [0.1, 0.15) is 32.3 Å². The fourth-order valence-electron chi connectivity index (χ4n) is 1.87. The average molecular weight is 291 g/mol. The summed E-state index contributed by atoms with van der Waals surface area (Å²) in [6, 6.07) is 7.35. The molecule has 1 atom stereocenters. The number of likely N-dealkylation sites (N-methyl/N-ethyl adjacent to an activating group) is 1. The van der Waals surface area contributed by atoms with Crippen molar-refractivity contribution in [1.82, 2.24) is 5.32 Å². The molecular weight excluding hydrogens is 266 g/mol. The Morgan fingerprint density at radius 3 is 2.43 bits per heavy atom. The largest absolute Gasteiger partial charge is 0.356 e. The van der Waals surface area contributed by atoms with Gasteiger partial charge in [-0.2, -0.15) is 0 Å². The third kappa shape index (κ3) is 6.90. The van der Waals surface area contributed by atoms with Gasteiger partial charge in [-0.15, -0.1) is 0 Å². The van der Waals surface area contributed by atoms with Gasteiger partial charge < -0.3 is 16.4 Å². The van der Waals surface area contributed by atoms with Crippen LogP contribution < -0.4 is 16.4 Å². The molecule has 4 N–H and O–H groups in total. The number of rotatable bonds is 8. The van der Waals surface area contributed by atoms with E-state index in [1.165, 1.54) is 0 Å². The van der Waals surface area contributed by atoms with Crippen molar-refractivity contribution in [2.24, 2.45) is 11.7 Å². The van der Waals surface area contributed by atoms with Crippen molar-refractivity contribution in [3.8, 4) is 0 Å². The minimum Gasteiger partial charge on any atom is -0.356 e. The van der Waals surface area contributed by atoms with E-state index in [1.807, 2.05) is 38.1 Å². The molecular formula is C16H25N3O2. The molecule has 5 nitrogen and oxygen atoms in total. The fraction of sp³-hybridized carbons (Fsp3) is 0.500. The number of carbonyl (C=O) groups is 2. The average Bonchev–Trinajstić information content (AvgIpc) is 2.47. The van der Waals surface area contributed by atoms with Crippen LogP contribution in [-0.4, -0.2) is 24.9 Å². The zero-order valence-electron chi connectivity index (χ0n) is 12.8. The highest BCUT2D eigenvalue weighted by Gasteiger charge is 2.06. The highest BCUT2D eigenvalue weighted by atomic mass is 16.2. The molecule has 5 heteroatoms. The van der Waals surface area contributed by atoms with E-state index in [4.69, 9.17) is 5.73 Å². The molecule has 0 heterocycles. The molecule has 0 aliphatic carbocycles. The number of benzene rings is 1. The lowest BCUT2D eigenvalue weighted by atomic mass is 10.1. The summed E-state index contributed by atoms with van der Waals surface area (Å²) in [5.74, 6) is 0.354. The lowest BCUT2D eigenvalue weighted by molar-refractivity contribution is -0.120. The molecule has 0 spiro atoms. The second-order valence-electron chi connectivity index (χ2n) is 5.25. The summed E-state index contributed by atoms with van der Waals surface area (Å²) < 4.78 is 0. The van der Waals surface area contributed by atoms with Crippen molar-refractivity contribution < 1.29 is 9.59 Å². The van der Waals surface area contributed by atoms with Crippen LogP contribution in [0.15, 0.2) is 24.3 Å². The number of carbonyl (C=O) groups excluding carboxylic acids is 2. The van der Waals surface area contributed by atoms with E-state index in [-0.39, 0.29) is 11.8 Å². The molecule has 0 saturated heterocycles. The molecule has 0 bridgehead atoms. The van der Waals surface area contributed by atoms with Crippen molar-refractivity contribution in [2.75, 3.05) is 18.4 Å². The molecule has 2 amide bonds. The van der Waals surface area contributed by atoms with Gasteiger partial charge in [0.2, 0.25) is 11.8 Å². The lowest BCUT2D eigenvalue weighted by Gasteiger charge is -2.09.